The summed E-state index contributed by atoms with van der Waals surface area (Å²) in [6, 6.07) is 11.8. The van der Waals surface area contributed by atoms with Crippen molar-refractivity contribution in [3.63, 3.8) is 0 Å². The van der Waals surface area contributed by atoms with Crippen LogP contribution in [0, 0.1) is 12.7 Å². The number of rotatable bonds is 9. The quantitative estimate of drug-likeness (QED) is 0.338. The van der Waals surface area contributed by atoms with E-state index in [0.717, 1.165) is 15.7 Å². The number of nitrogens with one attached hydrogen (secondary N) is 1. The number of allylic oxidation sites excluding steroid dienone is 1. The van der Waals surface area contributed by atoms with Gasteiger partial charge in [0.2, 0.25) is 5.91 Å². The van der Waals surface area contributed by atoms with E-state index >= 15 is 0 Å². The molecule has 1 heterocycles. The number of thioether (sulfide) groups is 1. The predicted molar refractivity (Wildman–Crippen MR) is 119 cm³/mol. The van der Waals surface area contributed by atoms with Gasteiger partial charge in [0.15, 0.2) is 22.5 Å². The highest BCUT2D eigenvalue weighted by molar-refractivity contribution is 9.10. The van der Waals surface area contributed by atoms with E-state index in [1.807, 2.05) is 25.1 Å². The molecule has 1 N–H and O–H groups in total. The number of para-hydroxylation sites is 1. The second-order valence-electron chi connectivity index (χ2n) is 6.31. The molecular formula is C21H20BrFN4O2S. The zero-order chi connectivity index (χ0) is 21.5. The van der Waals surface area contributed by atoms with Gasteiger partial charge in [0.05, 0.1) is 5.75 Å². The molecule has 1 aromatic heterocycles. The molecule has 0 spiro atoms. The third kappa shape index (κ3) is 5.70. The van der Waals surface area contributed by atoms with Crippen LogP contribution in [0.4, 0.5) is 10.1 Å². The summed E-state index contributed by atoms with van der Waals surface area (Å²) in [7, 11) is 0. The smallest absolute Gasteiger partial charge is 0.234 e. The molecule has 0 saturated carbocycles. The molecule has 3 rings (SSSR count). The number of aromatic nitrogens is 3. The third-order valence-corrected chi connectivity index (χ3v) is 5.55. The lowest BCUT2D eigenvalue weighted by atomic mass is 10.2. The molecule has 0 aliphatic heterocycles. The first kappa shape index (κ1) is 22.0. The van der Waals surface area contributed by atoms with Gasteiger partial charge in [-0.15, -0.1) is 16.8 Å². The van der Waals surface area contributed by atoms with Crippen LogP contribution in [0.2, 0.25) is 0 Å². The van der Waals surface area contributed by atoms with E-state index in [2.05, 4.69) is 38.0 Å². The van der Waals surface area contributed by atoms with E-state index in [4.69, 9.17) is 4.74 Å². The molecule has 6 nitrogen and oxygen atoms in total. The number of halogens is 2. The molecule has 0 unspecified atom stereocenters. The summed E-state index contributed by atoms with van der Waals surface area (Å²) in [5.74, 6) is 0.234. The van der Waals surface area contributed by atoms with Crippen LogP contribution in [0.5, 0.6) is 5.75 Å². The molecule has 0 radical (unpaired) electrons. The minimum atomic E-state index is -0.443. The van der Waals surface area contributed by atoms with Crippen LogP contribution in [-0.4, -0.2) is 26.4 Å². The van der Waals surface area contributed by atoms with Crippen LogP contribution in [0.25, 0.3) is 0 Å². The van der Waals surface area contributed by atoms with E-state index in [0.29, 0.717) is 17.5 Å². The Hall–Kier alpha value is -2.65. The van der Waals surface area contributed by atoms with Crippen molar-refractivity contribution in [2.45, 2.75) is 25.2 Å². The Labute approximate surface area is 186 Å². The Morgan fingerprint density at radius 2 is 2.13 bits per heavy atom. The third-order valence-electron chi connectivity index (χ3n) is 4.09. The minimum absolute atomic E-state index is 0.0482. The van der Waals surface area contributed by atoms with Crippen LogP contribution >= 0.6 is 27.7 Å². The summed E-state index contributed by atoms with van der Waals surface area (Å²) >= 11 is 4.67. The van der Waals surface area contributed by atoms with Crippen molar-refractivity contribution in [1.29, 1.82) is 0 Å². The molecule has 1 amide bonds. The normalized spacial score (nSPS) is 10.6. The number of hydrogen-bond acceptors (Lipinski definition) is 5. The van der Waals surface area contributed by atoms with Crippen molar-refractivity contribution in [1.82, 2.24) is 14.8 Å². The molecule has 0 fully saturated rings. The summed E-state index contributed by atoms with van der Waals surface area (Å²) in [5, 5.41) is 11.7. The van der Waals surface area contributed by atoms with E-state index in [9.17, 15) is 9.18 Å². The largest absolute Gasteiger partial charge is 0.483 e. The van der Waals surface area contributed by atoms with Gasteiger partial charge in [0, 0.05) is 16.7 Å². The van der Waals surface area contributed by atoms with E-state index < -0.39 is 5.82 Å². The number of hydrogen-bond donors (Lipinski definition) is 1. The Morgan fingerprint density at radius 3 is 2.87 bits per heavy atom. The maximum absolute atomic E-state index is 13.8. The van der Waals surface area contributed by atoms with E-state index in [1.165, 1.54) is 17.8 Å². The van der Waals surface area contributed by atoms with Crippen molar-refractivity contribution >= 4 is 39.3 Å². The summed E-state index contributed by atoms with van der Waals surface area (Å²) in [6.45, 7) is 6.17. The number of carbonyl (C=O) groups excluding carboxylic acids is 1. The Bertz CT molecular complexity index is 1060. The van der Waals surface area contributed by atoms with Gasteiger partial charge in [-0.05, 0) is 42.8 Å². The first-order valence-electron chi connectivity index (χ1n) is 9.07. The molecule has 156 valence electrons. The zero-order valence-corrected chi connectivity index (χ0v) is 18.7. The number of anilines is 1. The lowest BCUT2D eigenvalue weighted by Gasteiger charge is -2.10. The molecule has 0 saturated heterocycles. The highest BCUT2D eigenvalue weighted by Gasteiger charge is 2.15. The summed E-state index contributed by atoms with van der Waals surface area (Å²) < 4.78 is 22.0. The van der Waals surface area contributed by atoms with Crippen molar-refractivity contribution in [2.75, 3.05) is 11.1 Å². The number of benzene rings is 2. The van der Waals surface area contributed by atoms with Gasteiger partial charge in [-0.1, -0.05) is 45.9 Å². The summed E-state index contributed by atoms with van der Waals surface area (Å²) in [6.07, 6.45) is 1.70. The zero-order valence-electron chi connectivity index (χ0n) is 16.3. The number of ether oxygens (including phenoxy) is 1. The monoisotopic (exact) mass is 490 g/mol. The molecule has 0 aliphatic carbocycles. The molecule has 0 bridgehead atoms. The van der Waals surface area contributed by atoms with Crippen LogP contribution in [0.15, 0.2) is 64.7 Å². The number of carbonyl (C=O) groups is 1. The predicted octanol–water partition coefficient (Wildman–Crippen LogP) is 4.98. The Balaban J connectivity index is 1.63. The second kappa shape index (κ2) is 10.4. The highest BCUT2D eigenvalue weighted by Crippen LogP contribution is 2.22. The van der Waals surface area contributed by atoms with Gasteiger partial charge < -0.3 is 10.1 Å². The van der Waals surface area contributed by atoms with E-state index in [-0.39, 0.29) is 24.0 Å². The number of aryl methyl sites for hydroxylation is 1. The maximum Gasteiger partial charge on any atom is 0.234 e. The summed E-state index contributed by atoms with van der Waals surface area (Å²) in [5.41, 5.74) is 1.72. The maximum atomic E-state index is 13.8. The highest BCUT2D eigenvalue weighted by atomic mass is 79.9. The Kier molecular flexibility index (Phi) is 7.64. The van der Waals surface area contributed by atoms with E-state index in [1.54, 1.807) is 28.8 Å². The molecule has 2 aromatic carbocycles. The second-order valence-corrected chi connectivity index (χ2v) is 8.17. The molecule has 9 heteroatoms. The molecule has 0 atom stereocenters. The molecule has 3 aromatic rings. The topological polar surface area (TPSA) is 69.0 Å². The van der Waals surface area contributed by atoms with Gasteiger partial charge in [0.25, 0.3) is 0 Å². The van der Waals surface area contributed by atoms with Crippen molar-refractivity contribution in [3.05, 3.63) is 76.8 Å². The Morgan fingerprint density at radius 1 is 1.33 bits per heavy atom. The standard InChI is InChI=1S/C21H20BrFN4O2S/c1-3-10-27-19(12-29-18-7-5-4-6-16(18)23)25-26-21(27)30-13-20(28)24-17-9-8-15(22)11-14(17)2/h3-9,11H,1,10,12-13H2,2H3,(H,24,28). The first-order valence-corrected chi connectivity index (χ1v) is 10.8. The molecule has 0 aliphatic rings. The van der Waals surface area contributed by atoms with Gasteiger partial charge in [-0.2, -0.15) is 0 Å². The minimum Gasteiger partial charge on any atom is -0.483 e. The van der Waals surface area contributed by atoms with Crippen molar-refractivity contribution in [2.24, 2.45) is 0 Å². The van der Waals surface area contributed by atoms with Gasteiger partial charge in [-0.3, -0.25) is 9.36 Å². The van der Waals surface area contributed by atoms with Gasteiger partial charge in [-0.25, -0.2) is 4.39 Å². The SMILES string of the molecule is C=CCn1c(COc2ccccc2F)nnc1SCC(=O)Nc1ccc(Br)cc1C. The summed E-state index contributed by atoms with van der Waals surface area (Å²) in [4.78, 5) is 12.4. The van der Waals surface area contributed by atoms with Crippen molar-refractivity contribution in [3.8, 4) is 5.75 Å². The molecule has 30 heavy (non-hydrogen) atoms. The fourth-order valence-corrected chi connectivity index (χ4v) is 3.88. The van der Waals surface area contributed by atoms with Crippen LogP contribution < -0.4 is 10.1 Å². The lowest BCUT2D eigenvalue weighted by molar-refractivity contribution is -0.113. The first-order chi connectivity index (χ1) is 14.5. The van der Waals surface area contributed by atoms with Crippen LogP contribution in [-0.2, 0) is 17.9 Å². The molecular weight excluding hydrogens is 471 g/mol. The lowest BCUT2D eigenvalue weighted by Crippen LogP contribution is -2.15. The average molecular weight is 491 g/mol. The number of amides is 1. The van der Waals surface area contributed by atoms with Gasteiger partial charge >= 0.3 is 0 Å². The average Bonchev–Trinajstić information content (AvgIpc) is 3.10. The fraction of sp³-hybridized carbons (Fsp3) is 0.190. The van der Waals surface area contributed by atoms with Gasteiger partial charge in [0.1, 0.15) is 6.61 Å². The number of nitrogens with zero attached hydrogens (tertiary/aromatic N) is 3. The van der Waals surface area contributed by atoms with Crippen LogP contribution in [0.3, 0.4) is 0 Å². The van der Waals surface area contributed by atoms with Crippen molar-refractivity contribution < 1.29 is 13.9 Å². The fourth-order valence-electron chi connectivity index (χ4n) is 2.63. The van der Waals surface area contributed by atoms with Crippen LogP contribution in [0.1, 0.15) is 11.4 Å².